The van der Waals surface area contributed by atoms with Crippen LogP contribution in [0.3, 0.4) is 0 Å². The lowest BCUT2D eigenvalue weighted by Gasteiger charge is -2.09. The largest absolute Gasteiger partial charge is 0.507 e. The van der Waals surface area contributed by atoms with Gasteiger partial charge in [-0.2, -0.15) is 0 Å². The third-order valence-corrected chi connectivity index (χ3v) is 11.0. The van der Waals surface area contributed by atoms with Crippen LogP contribution in [0, 0.1) is 0 Å². The summed E-state index contributed by atoms with van der Waals surface area (Å²) in [5, 5.41) is 21.2. The molecule has 0 amide bonds. The summed E-state index contributed by atoms with van der Waals surface area (Å²) in [6.07, 6.45) is 41.7. The molecule has 56 heavy (non-hydrogen) atoms. The van der Waals surface area contributed by atoms with Gasteiger partial charge in [0, 0.05) is 35.7 Å². The predicted molar refractivity (Wildman–Crippen MR) is 242 cm³/mol. The number of hydrogen-bond donors (Lipinski definition) is 2. The van der Waals surface area contributed by atoms with Crippen LogP contribution in [0.15, 0.2) is 46.4 Å². The van der Waals surface area contributed by atoms with Crippen molar-refractivity contribution in [2.24, 2.45) is 9.98 Å². The van der Waals surface area contributed by atoms with Crippen molar-refractivity contribution in [3.8, 4) is 23.0 Å². The number of hydrogen-bond acceptors (Lipinski definition) is 6. The molecule has 2 N–H and O–H groups in total. The highest BCUT2D eigenvalue weighted by molar-refractivity contribution is 5.84. The molecular formula is C50H84N2O4. The maximum Gasteiger partial charge on any atom is 0.128 e. The van der Waals surface area contributed by atoms with Gasteiger partial charge in [0.05, 0.1) is 25.8 Å². The second-order valence-electron chi connectivity index (χ2n) is 16.2. The summed E-state index contributed by atoms with van der Waals surface area (Å²) in [5.41, 5.74) is 1.33. The zero-order valence-corrected chi connectivity index (χ0v) is 36.4. The molecule has 1 unspecified atom stereocenters. The highest BCUT2D eigenvalue weighted by Gasteiger charge is 2.07. The van der Waals surface area contributed by atoms with Crippen molar-refractivity contribution in [2.75, 3.05) is 19.8 Å². The number of nitrogens with zero attached hydrogens (tertiary/aromatic N) is 2. The van der Waals surface area contributed by atoms with E-state index in [0.717, 1.165) is 19.3 Å². The Hall–Kier alpha value is -3.02. The first kappa shape index (κ1) is 49.1. The van der Waals surface area contributed by atoms with Crippen LogP contribution in [0.25, 0.3) is 0 Å². The van der Waals surface area contributed by atoms with Crippen molar-refractivity contribution in [3.05, 3.63) is 47.5 Å². The maximum atomic E-state index is 10.6. The standard InChI is InChI=1S/C50H84N2O4/c1-4-7-9-11-13-15-17-19-21-23-25-27-29-31-37-55-47-35-33-44(49(53)39-47)41-51-43-46(6-3)52-42-45-34-36-48(40-50(45)54)56-38-32-30-28-26-24-22-20-18-16-14-12-10-8-5-2/h33-36,39-42,46,53-54H,4-32,37-38,43H2,1-3H3. The van der Waals surface area contributed by atoms with E-state index in [9.17, 15) is 10.2 Å². The lowest BCUT2D eigenvalue weighted by molar-refractivity contribution is 0.302. The van der Waals surface area contributed by atoms with Crippen molar-refractivity contribution >= 4 is 12.4 Å². The SMILES string of the molecule is CCCCCCCCCCCCCCCCOc1ccc(C=NCC(CC)N=Cc2ccc(OCCCCCCCCCCCCCCCC)cc2O)c(O)c1. The molecule has 2 rings (SSSR count). The smallest absolute Gasteiger partial charge is 0.128 e. The predicted octanol–water partition coefficient (Wildman–Crippen LogP) is 15.1. The minimum atomic E-state index is -0.0308. The fourth-order valence-corrected chi connectivity index (χ4v) is 7.16. The fraction of sp³-hybridized carbons (Fsp3) is 0.720. The number of phenolic OH excluding ortho intramolecular Hbond substituents is 2. The highest BCUT2D eigenvalue weighted by atomic mass is 16.5. The van der Waals surface area contributed by atoms with E-state index in [2.05, 4.69) is 30.8 Å². The maximum absolute atomic E-state index is 10.6. The van der Waals surface area contributed by atoms with E-state index >= 15 is 0 Å². The number of rotatable bonds is 38. The molecule has 2 aromatic rings. The van der Waals surface area contributed by atoms with Gasteiger partial charge < -0.3 is 19.7 Å². The summed E-state index contributed by atoms with van der Waals surface area (Å²) in [4.78, 5) is 9.25. The quantitative estimate of drug-likeness (QED) is 0.0525. The van der Waals surface area contributed by atoms with Crippen LogP contribution in [-0.4, -0.2) is 48.4 Å². The van der Waals surface area contributed by atoms with Crippen LogP contribution in [0.4, 0.5) is 0 Å². The molecule has 1 atom stereocenters. The number of aromatic hydroxyl groups is 2. The van der Waals surface area contributed by atoms with Crippen molar-refractivity contribution in [1.82, 2.24) is 0 Å². The molecule has 0 heterocycles. The summed E-state index contributed by atoms with van der Waals surface area (Å²) in [6, 6.07) is 10.8. The lowest BCUT2D eigenvalue weighted by Crippen LogP contribution is -2.08. The molecule has 0 aliphatic rings. The molecule has 6 nitrogen and oxygen atoms in total. The van der Waals surface area contributed by atoms with Crippen LogP contribution in [-0.2, 0) is 0 Å². The molecule has 0 saturated heterocycles. The number of benzene rings is 2. The van der Waals surface area contributed by atoms with Gasteiger partial charge >= 0.3 is 0 Å². The minimum absolute atomic E-state index is 0.0308. The first-order chi connectivity index (χ1) is 27.6. The zero-order valence-electron chi connectivity index (χ0n) is 36.4. The Balaban J connectivity index is 1.55. The molecule has 0 spiro atoms. The van der Waals surface area contributed by atoms with Crippen molar-refractivity contribution in [1.29, 1.82) is 0 Å². The molecule has 2 aromatic carbocycles. The third kappa shape index (κ3) is 26.0. The van der Waals surface area contributed by atoms with Gasteiger partial charge in [-0.05, 0) is 43.5 Å². The first-order valence-electron chi connectivity index (χ1n) is 23.5. The molecular weight excluding hydrogens is 693 g/mol. The monoisotopic (exact) mass is 777 g/mol. The van der Waals surface area contributed by atoms with Gasteiger partial charge in [0.15, 0.2) is 0 Å². The molecule has 0 aliphatic carbocycles. The Bertz CT molecular complexity index is 1260. The van der Waals surface area contributed by atoms with Crippen LogP contribution in [0.5, 0.6) is 23.0 Å². The average molecular weight is 777 g/mol. The Morgan fingerprint density at radius 1 is 0.464 bits per heavy atom. The van der Waals surface area contributed by atoms with Gasteiger partial charge in [-0.15, -0.1) is 0 Å². The average Bonchev–Trinajstić information content (AvgIpc) is 3.20. The first-order valence-corrected chi connectivity index (χ1v) is 23.5. The minimum Gasteiger partial charge on any atom is -0.507 e. The summed E-state index contributed by atoms with van der Waals surface area (Å²) in [7, 11) is 0. The van der Waals surface area contributed by atoms with E-state index in [1.165, 1.54) is 167 Å². The summed E-state index contributed by atoms with van der Waals surface area (Å²) in [6.45, 7) is 8.47. The number of unbranched alkanes of at least 4 members (excludes halogenated alkanes) is 26. The van der Waals surface area contributed by atoms with E-state index < -0.39 is 0 Å². The summed E-state index contributed by atoms with van der Waals surface area (Å²) in [5.74, 6) is 1.72. The lowest BCUT2D eigenvalue weighted by atomic mass is 10.0. The summed E-state index contributed by atoms with van der Waals surface area (Å²) >= 11 is 0. The molecule has 0 radical (unpaired) electrons. The van der Waals surface area contributed by atoms with Gasteiger partial charge in [0.1, 0.15) is 23.0 Å². The van der Waals surface area contributed by atoms with Crippen molar-refractivity contribution < 1.29 is 19.7 Å². The van der Waals surface area contributed by atoms with Crippen LogP contribution >= 0.6 is 0 Å². The van der Waals surface area contributed by atoms with Crippen molar-refractivity contribution in [3.63, 3.8) is 0 Å². The normalized spacial score (nSPS) is 12.3. The second-order valence-corrected chi connectivity index (χ2v) is 16.2. The molecule has 0 bridgehead atoms. The topological polar surface area (TPSA) is 83.6 Å². The van der Waals surface area contributed by atoms with E-state index in [1.807, 2.05) is 24.3 Å². The Morgan fingerprint density at radius 3 is 1.14 bits per heavy atom. The van der Waals surface area contributed by atoms with E-state index in [0.29, 0.717) is 42.4 Å². The molecule has 318 valence electrons. The van der Waals surface area contributed by atoms with E-state index in [1.54, 1.807) is 24.6 Å². The molecule has 0 saturated carbocycles. The number of ether oxygens (including phenoxy) is 2. The Morgan fingerprint density at radius 2 is 0.804 bits per heavy atom. The molecule has 0 aromatic heterocycles. The van der Waals surface area contributed by atoms with Gasteiger partial charge in [0.25, 0.3) is 0 Å². The second kappa shape index (κ2) is 35.2. The van der Waals surface area contributed by atoms with E-state index in [4.69, 9.17) is 9.47 Å². The fourth-order valence-electron chi connectivity index (χ4n) is 7.16. The Kier molecular flexibility index (Phi) is 30.9. The number of aliphatic imine (C=N–C) groups is 2. The third-order valence-electron chi connectivity index (χ3n) is 11.0. The molecule has 0 fully saturated rings. The molecule has 6 heteroatoms. The summed E-state index contributed by atoms with van der Waals surface area (Å²) < 4.78 is 11.8. The van der Waals surface area contributed by atoms with Crippen LogP contribution < -0.4 is 9.47 Å². The van der Waals surface area contributed by atoms with E-state index in [-0.39, 0.29) is 17.5 Å². The zero-order chi connectivity index (χ0) is 40.2. The van der Waals surface area contributed by atoms with Gasteiger partial charge in [-0.25, -0.2) is 0 Å². The van der Waals surface area contributed by atoms with Gasteiger partial charge in [-0.3, -0.25) is 9.98 Å². The Labute approximate surface area is 344 Å². The van der Waals surface area contributed by atoms with Crippen LogP contribution in [0.2, 0.25) is 0 Å². The van der Waals surface area contributed by atoms with Crippen molar-refractivity contribution in [2.45, 2.75) is 213 Å². The van der Waals surface area contributed by atoms with Crippen LogP contribution in [0.1, 0.15) is 218 Å². The molecule has 0 aliphatic heterocycles. The van der Waals surface area contributed by atoms with Gasteiger partial charge in [0.2, 0.25) is 0 Å². The highest BCUT2D eigenvalue weighted by Crippen LogP contribution is 2.25. The number of phenols is 2. The van der Waals surface area contributed by atoms with Gasteiger partial charge in [-0.1, -0.05) is 188 Å².